The van der Waals surface area contributed by atoms with Crippen molar-refractivity contribution >= 4 is 15.9 Å². The SMILES string of the molecule is Fc1cc(CBr)ccc1OCc1ccncc1. The minimum atomic E-state index is -0.337. The molecule has 0 atom stereocenters. The van der Waals surface area contributed by atoms with Gasteiger partial charge in [0.25, 0.3) is 0 Å². The Morgan fingerprint density at radius 1 is 1.12 bits per heavy atom. The van der Waals surface area contributed by atoms with Crippen LogP contribution in [0.2, 0.25) is 0 Å². The average molecular weight is 296 g/mol. The van der Waals surface area contributed by atoms with Gasteiger partial charge in [-0.05, 0) is 35.4 Å². The molecule has 88 valence electrons. The van der Waals surface area contributed by atoms with Crippen LogP contribution in [-0.4, -0.2) is 4.98 Å². The van der Waals surface area contributed by atoms with Gasteiger partial charge in [-0.15, -0.1) is 0 Å². The normalized spacial score (nSPS) is 10.2. The zero-order chi connectivity index (χ0) is 12.1. The summed E-state index contributed by atoms with van der Waals surface area (Å²) in [6.07, 6.45) is 3.37. The third-order valence-electron chi connectivity index (χ3n) is 2.29. The van der Waals surface area contributed by atoms with Crippen LogP contribution in [0.15, 0.2) is 42.7 Å². The number of alkyl halides is 1. The molecule has 2 aromatic rings. The van der Waals surface area contributed by atoms with E-state index in [1.807, 2.05) is 18.2 Å². The van der Waals surface area contributed by atoms with Gasteiger partial charge in [0.1, 0.15) is 6.61 Å². The second-order valence-electron chi connectivity index (χ2n) is 3.54. The van der Waals surface area contributed by atoms with Gasteiger partial charge < -0.3 is 4.74 Å². The summed E-state index contributed by atoms with van der Waals surface area (Å²) in [7, 11) is 0. The molecule has 0 aliphatic heterocycles. The summed E-state index contributed by atoms with van der Waals surface area (Å²) < 4.78 is 19.0. The van der Waals surface area contributed by atoms with Crippen molar-refractivity contribution in [2.45, 2.75) is 11.9 Å². The first-order valence-corrected chi connectivity index (χ1v) is 6.28. The number of nitrogens with zero attached hydrogens (tertiary/aromatic N) is 1. The Balaban J connectivity index is 2.04. The van der Waals surface area contributed by atoms with Crippen molar-refractivity contribution in [1.29, 1.82) is 0 Å². The van der Waals surface area contributed by atoms with Gasteiger partial charge >= 0.3 is 0 Å². The van der Waals surface area contributed by atoms with E-state index in [1.165, 1.54) is 6.07 Å². The van der Waals surface area contributed by atoms with Crippen molar-refractivity contribution in [2.24, 2.45) is 0 Å². The first-order chi connectivity index (χ1) is 8.29. The largest absolute Gasteiger partial charge is 0.486 e. The highest BCUT2D eigenvalue weighted by atomic mass is 79.9. The molecular formula is C13H11BrFNO. The fourth-order valence-corrected chi connectivity index (χ4v) is 1.73. The Labute approximate surface area is 108 Å². The van der Waals surface area contributed by atoms with Crippen LogP contribution in [0.3, 0.4) is 0 Å². The molecule has 0 amide bonds. The standard InChI is InChI=1S/C13H11BrFNO/c14-8-11-1-2-13(12(15)7-11)17-9-10-3-5-16-6-4-10/h1-7H,8-9H2. The van der Waals surface area contributed by atoms with E-state index in [0.717, 1.165) is 11.1 Å². The molecule has 0 bridgehead atoms. The highest BCUT2D eigenvalue weighted by Crippen LogP contribution is 2.20. The molecule has 0 aliphatic carbocycles. The fourth-order valence-electron chi connectivity index (χ4n) is 1.38. The lowest BCUT2D eigenvalue weighted by Gasteiger charge is -2.07. The van der Waals surface area contributed by atoms with E-state index in [0.29, 0.717) is 11.9 Å². The molecule has 2 rings (SSSR count). The second kappa shape index (κ2) is 5.77. The molecule has 17 heavy (non-hydrogen) atoms. The predicted octanol–water partition coefficient (Wildman–Crippen LogP) is 3.69. The van der Waals surface area contributed by atoms with Crippen LogP contribution in [0.1, 0.15) is 11.1 Å². The van der Waals surface area contributed by atoms with Gasteiger partial charge in [-0.1, -0.05) is 22.0 Å². The van der Waals surface area contributed by atoms with E-state index < -0.39 is 0 Å². The number of ether oxygens (including phenoxy) is 1. The van der Waals surface area contributed by atoms with Crippen LogP contribution in [0.4, 0.5) is 4.39 Å². The van der Waals surface area contributed by atoms with Crippen molar-refractivity contribution in [3.8, 4) is 5.75 Å². The van der Waals surface area contributed by atoms with Gasteiger partial charge in [-0.25, -0.2) is 4.39 Å². The lowest BCUT2D eigenvalue weighted by atomic mass is 10.2. The van der Waals surface area contributed by atoms with E-state index in [2.05, 4.69) is 20.9 Å². The van der Waals surface area contributed by atoms with Crippen LogP contribution < -0.4 is 4.74 Å². The monoisotopic (exact) mass is 295 g/mol. The zero-order valence-corrected chi connectivity index (χ0v) is 10.7. The summed E-state index contributed by atoms with van der Waals surface area (Å²) >= 11 is 3.28. The fraction of sp³-hybridized carbons (Fsp3) is 0.154. The molecule has 0 aliphatic rings. The molecule has 1 heterocycles. The summed E-state index contributed by atoms with van der Waals surface area (Å²) in [5, 5.41) is 0.633. The van der Waals surface area contributed by atoms with Gasteiger partial charge in [0.15, 0.2) is 11.6 Å². The molecule has 2 nitrogen and oxygen atoms in total. The van der Waals surface area contributed by atoms with Gasteiger partial charge in [0, 0.05) is 17.7 Å². The van der Waals surface area contributed by atoms with Gasteiger partial charge in [0.2, 0.25) is 0 Å². The highest BCUT2D eigenvalue weighted by Gasteiger charge is 2.04. The smallest absolute Gasteiger partial charge is 0.165 e. The molecule has 1 aromatic carbocycles. The molecule has 4 heteroatoms. The van der Waals surface area contributed by atoms with E-state index >= 15 is 0 Å². The van der Waals surface area contributed by atoms with Crippen LogP contribution >= 0.6 is 15.9 Å². The summed E-state index contributed by atoms with van der Waals surface area (Å²) in [5.74, 6) is -0.0671. The van der Waals surface area contributed by atoms with Crippen molar-refractivity contribution in [1.82, 2.24) is 4.98 Å². The number of hydrogen-bond donors (Lipinski definition) is 0. The Bertz CT molecular complexity index is 490. The quantitative estimate of drug-likeness (QED) is 0.803. The lowest BCUT2D eigenvalue weighted by molar-refractivity contribution is 0.290. The van der Waals surface area contributed by atoms with Crippen LogP contribution in [0, 0.1) is 5.82 Å². The third kappa shape index (κ3) is 3.27. The maximum absolute atomic E-state index is 13.6. The molecule has 0 saturated heterocycles. The van der Waals surface area contributed by atoms with Crippen LogP contribution in [0.25, 0.3) is 0 Å². The molecule has 0 fully saturated rings. The molecule has 1 aromatic heterocycles. The van der Waals surface area contributed by atoms with Gasteiger partial charge in [0.05, 0.1) is 0 Å². The van der Waals surface area contributed by atoms with Crippen molar-refractivity contribution in [3.05, 3.63) is 59.7 Å². The molecule has 0 spiro atoms. The topological polar surface area (TPSA) is 22.1 Å². The number of halogens is 2. The van der Waals surface area contributed by atoms with Gasteiger partial charge in [-0.2, -0.15) is 0 Å². The van der Waals surface area contributed by atoms with Crippen molar-refractivity contribution < 1.29 is 9.13 Å². The Kier molecular flexibility index (Phi) is 4.09. The van der Waals surface area contributed by atoms with E-state index in [9.17, 15) is 4.39 Å². The second-order valence-corrected chi connectivity index (χ2v) is 4.10. The summed E-state index contributed by atoms with van der Waals surface area (Å²) in [4.78, 5) is 3.91. The highest BCUT2D eigenvalue weighted by molar-refractivity contribution is 9.08. The first kappa shape index (κ1) is 12.0. The van der Waals surface area contributed by atoms with E-state index in [4.69, 9.17) is 4.74 Å². The Morgan fingerprint density at radius 3 is 2.53 bits per heavy atom. The van der Waals surface area contributed by atoms with E-state index in [-0.39, 0.29) is 11.6 Å². The predicted molar refractivity (Wildman–Crippen MR) is 67.6 cm³/mol. The molecule has 0 saturated carbocycles. The van der Waals surface area contributed by atoms with Crippen molar-refractivity contribution in [3.63, 3.8) is 0 Å². The number of aromatic nitrogens is 1. The maximum Gasteiger partial charge on any atom is 0.165 e. The summed E-state index contributed by atoms with van der Waals surface area (Å²) in [5.41, 5.74) is 1.85. The summed E-state index contributed by atoms with van der Waals surface area (Å²) in [6, 6.07) is 8.62. The number of hydrogen-bond acceptors (Lipinski definition) is 2. The lowest BCUT2D eigenvalue weighted by Crippen LogP contribution is -1.97. The number of pyridine rings is 1. The summed E-state index contributed by atoms with van der Waals surface area (Å²) in [6.45, 7) is 0.340. The molecular weight excluding hydrogens is 285 g/mol. The first-order valence-electron chi connectivity index (χ1n) is 5.15. The van der Waals surface area contributed by atoms with E-state index in [1.54, 1.807) is 18.5 Å². The van der Waals surface area contributed by atoms with Crippen molar-refractivity contribution in [2.75, 3.05) is 0 Å². The molecule has 0 radical (unpaired) electrons. The van der Waals surface area contributed by atoms with Crippen LogP contribution in [-0.2, 0) is 11.9 Å². The maximum atomic E-state index is 13.6. The molecule has 0 unspecified atom stereocenters. The Morgan fingerprint density at radius 2 is 1.88 bits per heavy atom. The zero-order valence-electron chi connectivity index (χ0n) is 9.07. The Hall–Kier alpha value is -1.42. The number of rotatable bonds is 4. The average Bonchev–Trinajstić information content (AvgIpc) is 2.38. The third-order valence-corrected chi connectivity index (χ3v) is 2.94. The minimum absolute atomic E-state index is 0.270. The molecule has 0 N–H and O–H groups in total. The minimum Gasteiger partial charge on any atom is -0.486 e. The van der Waals surface area contributed by atoms with Crippen LogP contribution in [0.5, 0.6) is 5.75 Å². The van der Waals surface area contributed by atoms with Gasteiger partial charge in [-0.3, -0.25) is 4.98 Å². The number of benzene rings is 1.